The fourth-order valence-corrected chi connectivity index (χ4v) is 3.47. The molecule has 0 bridgehead atoms. The van der Waals surface area contributed by atoms with Gasteiger partial charge in [-0.3, -0.25) is 14.3 Å². The first-order chi connectivity index (χ1) is 13.1. The first kappa shape index (κ1) is 18.8. The average Bonchev–Trinajstić information content (AvgIpc) is 3.09. The first-order valence-corrected chi connectivity index (χ1v) is 9.52. The van der Waals surface area contributed by atoms with E-state index in [9.17, 15) is 4.79 Å². The lowest BCUT2D eigenvalue weighted by atomic mass is 10.1. The minimum Gasteiger partial charge on any atom is -0.352 e. The number of pyridine rings is 1. The van der Waals surface area contributed by atoms with Gasteiger partial charge in [0.15, 0.2) is 11.0 Å². The zero-order valence-corrected chi connectivity index (χ0v) is 16.2. The van der Waals surface area contributed by atoms with Gasteiger partial charge in [-0.05, 0) is 37.6 Å². The molecule has 1 amide bonds. The summed E-state index contributed by atoms with van der Waals surface area (Å²) >= 11 is 1.36. The van der Waals surface area contributed by atoms with Crippen LogP contribution in [0.2, 0.25) is 0 Å². The minimum atomic E-state index is -0.0689. The number of aryl methyl sites for hydroxylation is 2. The molecule has 0 spiro atoms. The van der Waals surface area contributed by atoms with Crippen molar-refractivity contribution in [2.45, 2.75) is 19.0 Å². The average molecular weight is 379 g/mol. The molecule has 0 fully saturated rings. The van der Waals surface area contributed by atoms with Crippen LogP contribution >= 0.6 is 11.8 Å². The topological polar surface area (TPSA) is 72.7 Å². The zero-order chi connectivity index (χ0) is 19.2. The molecular weight excluding hydrogens is 358 g/mol. The largest absolute Gasteiger partial charge is 0.352 e. The molecule has 0 saturated carbocycles. The van der Waals surface area contributed by atoms with Crippen molar-refractivity contribution in [3.63, 3.8) is 0 Å². The maximum atomic E-state index is 12.0. The molecule has 3 aromatic rings. The molecule has 0 radical (unpaired) electrons. The Morgan fingerprint density at radius 1 is 1.22 bits per heavy atom. The summed E-state index contributed by atoms with van der Waals surface area (Å²) in [6, 6.07) is 10.0. The molecule has 0 unspecified atom stereocenters. The highest BCUT2D eigenvalue weighted by atomic mass is 32.2. The van der Waals surface area contributed by atoms with Gasteiger partial charge >= 0.3 is 0 Å². The minimum absolute atomic E-state index is 0.0689. The fourth-order valence-electron chi connectivity index (χ4n) is 2.69. The highest BCUT2D eigenvalue weighted by Crippen LogP contribution is 2.29. The number of hydrogen-bond acceptors (Lipinski definition) is 5. The Morgan fingerprint density at radius 2 is 2.00 bits per heavy atom. The van der Waals surface area contributed by atoms with E-state index in [-0.39, 0.29) is 11.7 Å². The summed E-state index contributed by atoms with van der Waals surface area (Å²) in [5.41, 5.74) is 4.21. The molecule has 138 valence electrons. The van der Waals surface area contributed by atoms with Gasteiger partial charge < -0.3 is 5.32 Å². The van der Waals surface area contributed by atoms with Crippen molar-refractivity contribution in [2.24, 2.45) is 0 Å². The second-order valence-corrected chi connectivity index (χ2v) is 6.99. The molecule has 0 aliphatic carbocycles. The number of carbonyl (C=O) groups is 1. The van der Waals surface area contributed by atoms with Crippen molar-refractivity contribution in [2.75, 3.05) is 12.3 Å². The Morgan fingerprint density at radius 3 is 2.70 bits per heavy atom. The van der Waals surface area contributed by atoms with Crippen molar-refractivity contribution in [1.82, 2.24) is 25.1 Å². The smallest absolute Gasteiger partial charge is 0.230 e. The van der Waals surface area contributed by atoms with Gasteiger partial charge in [-0.2, -0.15) is 0 Å². The van der Waals surface area contributed by atoms with Crippen LogP contribution < -0.4 is 5.32 Å². The van der Waals surface area contributed by atoms with E-state index < -0.39 is 0 Å². The van der Waals surface area contributed by atoms with Crippen LogP contribution in [-0.4, -0.2) is 38.0 Å². The molecule has 27 heavy (non-hydrogen) atoms. The van der Waals surface area contributed by atoms with E-state index in [0.717, 1.165) is 22.6 Å². The lowest BCUT2D eigenvalue weighted by Gasteiger charge is -2.13. The van der Waals surface area contributed by atoms with Crippen LogP contribution in [0.5, 0.6) is 0 Å². The number of carbonyl (C=O) groups excluding carboxylic acids is 1. The molecule has 6 nitrogen and oxygen atoms in total. The molecule has 1 aromatic carbocycles. The predicted molar refractivity (Wildman–Crippen MR) is 108 cm³/mol. The lowest BCUT2D eigenvalue weighted by molar-refractivity contribution is -0.118. The van der Waals surface area contributed by atoms with E-state index in [4.69, 9.17) is 0 Å². The quantitative estimate of drug-likeness (QED) is 0.503. The number of aromatic nitrogens is 4. The molecule has 3 rings (SSSR count). The third kappa shape index (κ3) is 4.43. The molecule has 2 aromatic heterocycles. The lowest BCUT2D eigenvalue weighted by Crippen LogP contribution is -2.25. The Labute approximate surface area is 162 Å². The van der Waals surface area contributed by atoms with Crippen LogP contribution in [-0.2, 0) is 4.79 Å². The number of amides is 1. The Hall–Kier alpha value is -2.93. The monoisotopic (exact) mass is 379 g/mol. The van der Waals surface area contributed by atoms with E-state index in [1.54, 1.807) is 18.5 Å². The van der Waals surface area contributed by atoms with Gasteiger partial charge in [0.2, 0.25) is 5.91 Å². The number of benzene rings is 1. The summed E-state index contributed by atoms with van der Waals surface area (Å²) in [6.45, 7) is 8.18. The Bertz CT molecular complexity index is 952. The SMILES string of the molecule is C=CCNC(=O)CSc1nnc(-c2ccncc2)n1-c1ccc(C)cc1C. The summed E-state index contributed by atoms with van der Waals surface area (Å²) in [7, 11) is 0. The predicted octanol–water partition coefficient (Wildman–Crippen LogP) is 3.34. The second-order valence-electron chi connectivity index (χ2n) is 6.05. The number of nitrogens with zero attached hydrogens (tertiary/aromatic N) is 4. The summed E-state index contributed by atoms with van der Waals surface area (Å²) in [5.74, 6) is 0.909. The highest BCUT2D eigenvalue weighted by Gasteiger charge is 2.18. The molecule has 0 atom stereocenters. The maximum absolute atomic E-state index is 12.0. The molecule has 1 N–H and O–H groups in total. The third-order valence-electron chi connectivity index (χ3n) is 3.94. The summed E-state index contributed by atoms with van der Waals surface area (Å²) < 4.78 is 2.00. The first-order valence-electron chi connectivity index (χ1n) is 8.54. The van der Waals surface area contributed by atoms with E-state index in [2.05, 4.69) is 59.1 Å². The van der Waals surface area contributed by atoms with Gasteiger partial charge in [-0.15, -0.1) is 16.8 Å². The third-order valence-corrected chi connectivity index (χ3v) is 4.87. The molecule has 0 aliphatic rings. The van der Waals surface area contributed by atoms with Gasteiger partial charge in [0.1, 0.15) is 0 Å². The summed E-state index contributed by atoms with van der Waals surface area (Å²) in [4.78, 5) is 16.0. The van der Waals surface area contributed by atoms with Gasteiger partial charge in [0.05, 0.1) is 11.4 Å². The Balaban J connectivity index is 2.00. The number of thioether (sulfide) groups is 1. The summed E-state index contributed by atoms with van der Waals surface area (Å²) in [5, 5.41) is 12.2. The van der Waals surface area contributed by atoms with Crippen LogP contribution in [0.15, 0.2) is 60.5 Å². The van der Waals surface area contributed by atoms with E-state index in [1.807, 2.05) is 16.7 Å². The Kier molecular flexibility index (Phi) is 6.03. The number of rotatable bonds is 7. The van der Waals surface area contributed by atoms with E-state index >= 15 is 0 Å². The summed E-state index contributed by atoms with van der Waals surface area (Å²) in [6.07, 6.45) is 5.11. The van der Waals surface area contributed by atoms with Crippen molar-refractivity contribution >= 4 is 17.7 Å². The van der Waals surface area contributed by atoms with Gasteiger partial charge in [0, 0.05) is 24.5 Å². The van der Waals surface area contributed by atoms with E-state index in [1.165, 1.54) is 17.3 Å². The van der Waals surface area contributed by atoms with Crippen molar-refractivity contribution in [3.8, 4) is 17.1 Å². The normalized spacial score (nSPS) is 10.6. The van der Waals surface area contributed by atoms with Gasteiger partial charge in [-0.1, -0.05) is 35.5 Å². The van der Waals surface area contributed by atoms with Crippen molar-refractivity contribution in [3.05, 3.63) is 66.5 Å². The number of hydrogen-bond donors (Lipinski definition) is 1. The van der Waals surface area contributed by atoms with Crippen LogP contribution in [0.25, 0.3) is 17.1 Å². The molecule has 7 heteroatoms. The standard InChI is InChI=1S/C20H21N5OS/c1-4-9-22-18(26)13-27-20-24-23-19(16-7-10-21-11-8-16)25(20)17-6-5-14(2)12-15(17)3/h4-8,10-12H,1,9,13H2,2-3H3,(H,22,26). The molecule has 2 heterocycles. The van der Waals surface area contributed by atoms with Crippen molar-refractivity contribution in [1.29, 1.82) is 0 Å². The van der Waals surface area contributed by atoms with Crippen LogP contribution in [0.1, 0.15) is 11.1 Å². The molecule has 0 aliphatic heterocycles. The molecular formula is C20H21N5OS. The highest BCUT2D eigenvalue weighted by molar-refractivity contribution is 7.99. The number of nitrogens with one attached hydrogen (secondary N) is 1. The fraction of sp³-hybridized carbons (Fsp3) is 0.200. The van der Waals surface area contributed by atoms with Crippen molar-refractivity contribution < 1.29 is 4.79 Å². The van der Waals surface area contributed by atoms with Gasteiger partial charge in [-0.25, -0.2) is 0 Å². The molecule has 0 saturated heterocycles. The zero-order valence-electron chi connectivity index (χ0n) is 15.3. The second kappa shape index (κ2) is 8.64. The van der Waals surface area contributed by atoms with Crippen LogP contribution in [0, 0.1) is 13.8 Å². The van der Waals surface area contributed by atoms with Crippen LogP contribution in [0.4, 0.5) is 0 Å². The van der Waals surface area contributed by atoms with Gasteiger partial charge in [0.25, 0.3) is 0 Å². The maximum Gasteiger partial charge on any atom is 0.230 e. The van der Waals surface area contributed by atoms with Crippen LogP contribution in [0.3, 0.4) is 0 Å². The van der Waals surface area contributed by atoms with E-state index in [0.29, 0.717) is 11.7 Å².